The Kier molecular flexibility index (Phi) is 3.71. The molecule has 0 saturated carbocycles. The number of aromatic nitrogens is 1. The second-order valence-electron chi connectivity index (χ2n) is 7.45. The van der Waals surface area contributed by atoms with E-state index in [0.717, 1.165) is 37.9 Å². The minimum Gasteiger partial charge on any atom is -0.456 e. The quantitative estimate of drug-likeness (QED) is 0.786. The molecule has 0 aliphatic carbocycles. The van der Waals surface area contributed by atoms with Crippen LogP contribution in [0.5, 0.6) is 0 Å². The van der Waals surface area contributed by atoms with Gasteiger partial charge in [0.1, 0.15) is 5.60 Å². The summed E-state index contributed by atoms with van der Waals surface area (Å²) in [5, 5.41) is 0. The maximum atomic E-state index is 12.3. The van der Waals surface area contributed by atoms with Crippen LogP contribution in [-0.4, -0.2) is 34.5 Å². The zero-order chi connectivity index (χ0) is 15.8. The zero-order valence-electron chi connectivity index (χ0n) is 13.6. The number of nitrogens with zero attached hydrogens (tertiary/aromatic N) is 2. The lowest BCUT2D eigenvalue weighted by molar-refractivity contribution is -0.170. The van der Waals surface area contributed by atoms with Crippen molar-refractivity contribution >= 4 is 12.0 Å². The number of carbonyl (C=O) groups excluding carboxylic acids is 1. The number of fused-ring (bicyclic) bond motifs is 2. The first-order valence-corrected chi connectivity index (χ1v) is 7.97. The van der Waals surface area contributed by atoms with Crippen LogP contribution in [0.15, 0.2) is 30.2 Å². The fourth-order valence-corrected chi connectivity index (χ4v) is 3.19. The molecule has 4 heteroatoms. The zero-order valence-corrected chi connectivity index (χ0v) is 13.6. The minimum atomic E-state index is -0.452. The fourth-order valence-electron chi connectivity index (χ4n) is 3.19. The largest absolute Gasteiger partial charge is 0.456 e. The van der Waals surface area contributed by atoms with E-state index in [-0.39, 0.29) is 11.6 Å². The Morgan fingerprint density at radius 1 is 1.45 bits per heavy atom. The Bertz CT molecular complexity index is 589. The van der Waals surface area contributed by atoms with E-state index in [1.54, 1.807) is 6.20 Å². The maximum absolute atomic E-state index is 12.3. The van der Waals surface area contributed by atoms with Gasteiger partial charge in [0.2, 0.25) is 0 Å². The van der Waals surface area contributed by atoms with E-state index in [1.807, 2.05) is 33.0 Å². The lowest BCUT2D eigenvalue weighted by Gasteiger charge is -2.35. The van der Waals surface area contributed by atoms with Gasteiger partial charge in [-0.15, -0.1) is 0 Å². The van der Waals surface area contributed by atoms with Crippen molar-refractivity contribution in [2.45, 2.75) is 45.6 Å². The molecule has 0 aromatic carbocycles. The van der Waals surface area contributed by atoms with E-state index in [9.17, 15) is 4.79 Å². The molecule has 1 aromatic rings. The number of rotatable bonds is 2. The van der Waals surface area contributed by atoms with Gasteiger partial charge in [-0.1, -0.05) is 6.07 Å². The third-order valence-electron chi connectivity index (χ3n) is 4.39. The van der Waals surface area contributed by atoms with Crippen LogP contribution in [0.3, 0.4) is 0 Å². The van der Waals surface area contributed by atoms with Crippen molar-refractivity contribution in [3.63, 3.8) is 0 Å². The lowest BCUT2D eigenvalue weighted by atomic mass is 9.92. The number of esters is 1. The van der Waals surface area contributed by atoms with E-state index in [0.29, 0.717) is 0 Å². The van der Waals surface area contributed by atoms with Gasteiger partial charge in [0.15, 0.2) is 0 Å². The van der Waals surface area contributed by atoms with E-state index < -0.39 is 5.41 Å². The van der Waals surface area contributed by atoms with Crippen molar-refractivity contribution in [3.8, 4) is 0 Å². The number of piperidine rings is 1. The number of hydrogen-bond donors (Lipinski definition) is 0. The molecule has 3 heterocycles. The molecule has 118 valence electrons. The lowest BCUT2D eigenvalue weighted by Crippen LogP contribution is -2.44. The summed E-state index contributed by atoms with van der Waals surface area (Å²) in [5.41, 5.74) is 1.57. The smallest absolute Gasteiger partial charge is 0.311 e. The molecule has 0 N–H and O–H groups in total. The fraction of sp³-hybridized carbons (Fsp3) is 0.556. The Balaban J connectivity index is 1.81. The molecule has 2 fully saturated rings. The molecule has 2 aliphatic heterocycles. The van der Waals surface area contributed by atoms with E-state index in [4.69, 9.17) is 4.74 Å². The summed E-state index contributed by atoms with van der Waals surface area (Å²) in [6.45, 7) is 7.59. The average Bonchev–Trinajstić information content (AvgIpc) is 2.69. The van der Waals surface area contributed by atoms with Crippen molar-refractivity contribution < 1.29 is 9.53 Å². The predicted molar refractivity (Wildman–Crippen MR) is 85.9 cm³/mol. The molecule has 2 aliphatic rings. The van der Waals surface area contributed by atoms with Crippen LogP contribution < -0.4 is 0 Å². The van der Waals surface area contributed by atoms with Crippen molar-refractivity contribution in [1.29, 1.82) is 0 Å². The first-order chi connectivity index (χ1) is 10.4. The van der Waals surface area contributed by atoms with Gasteiger partial charge in [0, 0.05) is 31.1 Å². The standard InChI is InChI=1S/C18H24N2O2/c1-17(2,3)16(21)22-18-7-5-9-20(13-18)15(11-18)10-14-6-4-8-19-12-14/h4,6,8,10,12H,5,7,9,11,13H2,1-3H3/b15-10+. The van der Waals surface area contributed by atoms with Gasteiger partial charge in [0.05, 0.1) is 12.0 Å². The van der Waals surface area contributed by atoms with Gasteiger partial charge < -0.3 is 9.64 Å². The summed E-state index contributed by atoms with van der Waals surface area (Å²) < 4.78 is 5.97. The molecule has 0 radical (unpaired) electrons. The third-order valence-corrected chi connectivity index (χ3v) is 4.39. The Morgan fingerprint density at radius 3 is 2.95 bits per heavy atom. The van der Waals surface area contributed by atoms with Crippen LogP contribution in [0.4, 0.5) is 0 Å². The number of pyridine rings is 1. The summed E-state index contributed by atoms with van der Waals surface area (Å²) in [6, 6.07) is 4.00. The van der Waals surface area contributed by atoms with Crippen LogP contribution in [-0.2, 0) is 9.53 Å². The molecule has 0 spiro atoms. The van der Waals surface area contributed by atoms with Gasteiger partial charge in [-0.2, -0.15) is 0 Å². The molecule has 1 aromatic heterocycles. The monoisotopic (exact) mass is 300 g/mol. The van der Waals surface area contributed by atoms with Crippen LogP contribution in [0.25, 0.3) is 6.08 Å². The molecule has 0 amide bonds. The summed E-state index contributed by atoms with van der Waals surface area (Å²) in [5.74, 6) is -0.100. The summed E-state index contributed by atoms with van der Waals surface area (Å²) in [7, 11) is 0. The van der Waals surface area contributed by atoms with E-state index >= 15 is 0 Å². The van der Waals surface area contributed by atoms with Crippen LogP contribution in [0.1, 0.15) is 45.6 Å². The molecule has 1 atom stereocenters. The van der Waals surface area contributed by atoms with Gasteiger partial charge in [0.25, 0.3) is 0 Å². The molecule has 4 nitrogen and oxygen atoms in total. The number of hydrogen-bond acceptors (Lipinski definition) is 4. The highest BCUT2D eigenvalue weighted by atomic mass is 16.6. The SMILES string of the molecule is CC(C)(C)C(=O)OC12CCCN(C1)/C(=C/c1cccnc1)C2. The van der Waals surface area contributed by atoms with Gasteiger partial charge in [-0.05, 0) is 51.3 Å². The highest BCUT2D eigenvalue weighted by molar-refractivity contribution is 5.76. The van der Waals surface area contributed by atoms with Crippen LogP contribution in [0, 0.1) is 5.41 Å². The van der Waals surface area contributed by atoms with Crippen LogP contribution in [0.2, 0.25) is 0 Å². The maximum Gasteiger partial charge on any atom is 0.311 e. The Morgan fingerprint density at radius 2 is 2.27 bits per heavy atom. The predicted octanol–water partition coefficient (Wildman–Crippen LogP) is 3.25. The third kappa shape index (κ3) is 3.01. The van der Waals surface area contributed by atoms with Gasteiger partial charge in [-0.25, -0.2) is 0 Å². The molecule has 1 unspecified atom stereocenters. The minimum absolute atomic E-state index is 0.100. The second-order valence-corrected chi connectivity index (χ2v) is 7.45. The highest BCUT2D eigenvalue weighted by Crippen LogP contribution is 2.42. The van der Waals surface area contributed by atoms with Gasteiger partial charge in [-0.3, -0.25) is 9.78 Å². The molecular formula is C18H24N2O2. The molecule has 22 heavy (non-hydrogen) atoms. The number of carbonyl (C=O) groups is 1. The first-order valence-electron chi connectivity index (χ1n) is 7.97. The van der Waals surface area contributed by atoms with Crippen LogP contribution >= 0.6 is 0 Å². The molecular weight excluding hydrogens is 276 g/mol. The summed E-state index contributed by atoms with van der Waals surface area (Å²) in [4.78, 5) is 18.8. The van der Waals surface area contributed by atoms with Crippen molar-refractivity contribution in [2.24, 2.45) is 5.41 Å². The Hall–Kier alpha value is -1.84. The average molecular weight is 300 g/mol. The van der Waals surface area contributed by atoms with E-state index in [2.05, 4.69) is 22.0 Å². The summed E-state index contributed by atoms with van der Waals surface area (Å²) in [6.07, 6.45) is 8.65. The van der Waals surface area contributed by atoms with Gasteiger partial charge >= 0.3 is 5.97 Å². The second kappa shape index (κ2) is 5.41. The van der Waals surface area contributed by atoms with Crippen molar-refractivity contribution in [2.75, 3.05) is 13.1 Å². The normalized spacial score (nSPS) is 26.3. The molecule has 2 saturated heterocycles. The molecule has 3 rings (SSSR count). The van der Waals surface area contributed by atoms with Crippen molar-refractivity contribution in [3.05, 3.63) is 35.8 Å². The Labute approximate surface area is 132 Å². The topological polar surface area (TPSA) is 42.4 Å². The highest BCUT2D eigenvalue weighted by Gasteiger charge is 2.47. The van der Waals surface area contributed by atoms with E-state index in [1.165, 1.54) is 5.70 Å². The first kappa shape index (κ1) is 15.1. The number of ether oxygens (including phenoxy) is 1. The van der Waals surface area contributed by atoms with Crippen molar-refractivity contribution in [1.82, 2.24) is 9.88 Å². The summed E-state index contributed by atoms with van der Waals surface area (Å²) >= 11 is 0. The molecule has 2 bridgehead atoms.